The minimum absolute atomic E-state index is 0.0260. The summed E-state index contributed by atoms with van der Waals surface area (Å²) in [5.74, 6) is -1.15. The van der Waals surface area contributed by atoms with Gasteiger partial charge >= 0.3 is 0 Å². The quantitative estimate of drug-likeness (QED) is 0.254. The van der Waals surface area contributed by atoms with Crippen LogP contribution < -0.4 is 9.47 Å². The van der Waals surface area contributed by atoms with Crippen molar-refractivity contribution in [1.29, 1.82) is 0 Å². The van der Waals surface area contributed by atoms with Gasteiger partial charge in [0.25, 0.3) is 0 Å². The first-order chi connectivity index (χ1) is 18.0. The highest BCUT2D eigenvalue weighted by atomic mass is 19.2. The maximum atomic E-state index is 15.1. The fourth-order valence-corrected chi connectivity index (χ4v) is 5.07. The van der Waals surface area contributed by atoms with Gasteiger partial charge in [0, 0.05) is 5.56 Å². The summed E-state index contributed by atoms with van der Waals surface area (Å²) in [6, 6.07) is 15.8. The van der Waals surface area contributed by atoms with E-state index in [1.807, 2.05) is 19.1 Å². The maximum absolute atomic E-state index is 15.1. The first kappa shape index (κ1) is 26.8. The van der Waals surface area contributed by atoms with Crippen LogP contribution in [0, 0.1) is 23.4 Å². The molecule has 0 atom stereocenters. The lowest BCUT2D eigenvalue weighted by atomic mass is 9.78. The molecule has 0 aliphatic heterocycles. The predicted octanol–water partition coefficient (Wildman–Crippen LogP) is 9.03. The van der Waals surface area contributed by atoms with Crippen LogP contribution in [-0.4, -0.2) is 13.2 Å². The number of halogens is 3. The summed E-state index contributed by atoms with van der Waals surface area (Å²) in [6.07, 6.45) is 9.99. The van der Waals surface area contributed by atoms with Crippen molar-refractivity contribution in [2.24, 2.45) is 5.92 Å². The minimum Gasteiger partial charge on any atom is -0.493 e. The molecule has 0 amide bonds. The molecule has 0 bridgehead atoms. The molecule has 5 heteroatoms. The van der Waals surface area contributed by atoms with Crippen LogP contribution >= 0.6 is 0 Å². The molecule has 0 spiro atoms. The summed E-state index contributed by atoms with van der Waals surface area (Å²) in [4.78, 5) is 0. The predicted molar refractivity (Wildman–Crippen MR) is 143 cm³/mol. The average Bonchev–Trinajstić information content (AvgIpc) is 2.91. The van der Waals surface area contributed by atoms with Gasteiger partial charge in [0.1, 0.15) is 11.6 Å². The van der Waals surface area contributed by atoms with Crippen molar-refractivity contribution in [3.05, 3.63) is 95.3 Å². The highest BCUT2D eigenvalue weighted by molar-refractivity contribution is 5.66. The lowest BCUT2D eigenvalue weighted by Gasteiger charge is -2.29. The number of benzene rings is 3. The van der Waals surface area contributed by atoms with Gasteiger partial charge in [-0.05, 0) is 111 Å². The Bertz CT molecular complexity index is 1200. The molecule has 37 heavy (non-hydrogen) atoms. The van der Waals surface area contributed by atoms with Gasteiger partial charge in [-0.25, -0.2) is 8.78 Å². The van der Waals surface area contributed by atoms with Crippen molar-refractivity contribution in [2.45, 2.75) is 58.3 Å². The summed E-state index contributed by atoms with van der Waals surface area (Å²) in [7, 11) is 0. The molecule has 2 nitrogen and oxygen atoms in total. The molecule has 0 aromatic heterocycles. The monoisotopic (exact) mass is 508 g/mol. The molecule has 0 saturated heterocycles. The van der Waals surface area contributed by atoms with Crippen LogP contribution in [0.3, 0.4) is 0 Å². The largest absolute Gasteiger partial charge is 0.493 e. The molecule has 3 aromatic rings. The Morgan fingerprint density at radius 2 is 1.62 bits per heavy atom. The number of hydrogen-bond donors (Lipinski definition) is 0. The van der Waals surface area contributed by atoms with E-state index >= 15 is 4.39 Å². The Labute approximate surface area is 218 Å². The van der Waals surface area contributed by atoms with Gasteiger partial charge in [-0.3, -0.25) is 0 Å². The SMILES string of the molecule is C/C=C/CCc1ccc(OCC2CCC(c3ccc(-c4ccc(OCC)c(F)c4F)cc3F)CC2)cc1. The van der Waals surface area contributed by atoms with Crippen molar-refractivity contribution >= 4 is 0 Å². The topological polar surface area (TPSA) is 18.5 Å². The van der Waals surface area contributed by atoms with Gasteiger partial charge in [-0.15, -0.1) is 0 Å². The zero-order valence-electron chi connectivity index (χ0n) is 21.6. The second kappa shape index (κ2) is 12.8. The molecule has 1 aliphatic rings. The van der Waals surface area contributed by atoms with E-state index in [2.05, 4.69) is 24.3 Å². The van der Waals surface area contributed by atoms with E-state index in [0.29, 0.717) is 23.7 Å². The molecule has 0 heterocycles. The molecule has 0 radical (unpaired) electrons. The second-order valence-corrected chi connectivity index (χ2v) is 9.69. The third-order valence-electron chi connectivity index (χ3n) is 7.19. The molecule has 1 aliphatic carbocycles. The van der Waals surface area contributed by atoms with Gasteiger partial charge in [0.05, 0.1) is 13.2 Å². The van der Waals surface area contributed by atoms with Crippen molar-refractivity contribution < 1.29 is 22.6 Å². The molecule has 4 rings (SSSR count). The van der Waals surface area contributed by atoms with Crippen LogP contribution in [-0.2, 0) is 6.42 Å². The van der Waals surface area contributed by atoms with Gasteiger partial charge in [-0.1, -0.05) is 36.4 Å². The van der Waals surface area contributed by atoms with Crippen LogP contribution in [0.4, 0.5) is 13.2 Å². The van der Waals surface area contributed by atoms with E-state index in [9.17, 15) is 8.78 Å². The Balaban J connectivity index is 1.31. The zero-order valence-corrected chi connectivity index (χ0v) is 21.6. The minimum atomic E-state index is -1.05. The lowest BCUT2D eigenvalue weighted by Crippen LogP contribution is -2.19. The molecule has 1 saturated carbocycles. The van der Waals surface area contributed by atoms with Gasteiger partial charge in [0.15, 0.2) is 11.6 Å². The van der Waals surface area contributed by atoms with Crippen molar-refractivity contribution in [3.8, 4) is 22.6 Å². The summed E-state index contributed by atoms with van der Waals surface area (Å²) >= 11 is 0. The van der Waals surface area contributed by atoms with Crippen molar-refractivity contribution in [2.75, 3.05) is 13.2 Å². The number of aryl methyl sites for hydroxylation is 1. The Morgan fingerprint density at radius 1 is 0.865 bits per heavy atom. The van der Waals surface area contributed by atoms with Crippen LogP contribution in [0.2, 0.25) is 0 Å². The van der Waals surface area contributed by atoms with Crippen molar-refractivity contribution in [3.63, 3.8) is 0 Å². The Kier molecular flexibility index (Phi) is 9.32. The standard InChI is InChI=1S/C32H35F3O2/c1-3-5-6-7-22-10-15-26(16-11-22)37-21-23-8-12-24(13-9-23)27-17-14-25(20-29(27)33)28-18-19-30(36-4-2)32(35)31(28)34/h3,5,10-11,14-20,23-24H,4,6-9,12-13,21H2,1-2H3/b5-3+. The highest BCUT2D eigenvalue weighted by Crippen LogP contribution is 2.39. The number of rotatable bonds is 10. The molecule has 3 aromatic carbocycles. The number of hydrogen-bond acceptors (Lipinski definition) is 2. The normalized spacial score (nSPS) is 17.8. The van der Waals surface area contributed by atoms with Gasteiger partial charge in [-0.2, -0.15) is 4.39 Å². The molecule has 196 valence electrons. The molecular weight excluding hydrogens is 473 g/mol. The number of ether oxygens (including phenoxy) is 2. The number of allylic oxidation sites excluding steroid dienone is 2. The van der Waals surface area contributed by atoms with Crippen LogP contribution in [0.25, 0.3) is 11.1 Å². The van der Waals surface area contributed by atoms with E-state index in [1.54, 1.807) is 19.1 Å². The van der Waals surface area contributed by atoms with E-state index < -0.39 is 11.6 Å². The fourth-order valence-electron chi connectivity index (χ4n) is 5.07. The fraction of sp³-hybridized carbons (Fsp3) is 0.375. The summed E-state index contributed by atoms with van der Waals surface area (Å²) in [5, 5.41) is 0. The summed E-state index contributed by atoms with van der Waals surface area (Å²) < 4.78 is 55.1. The van der Waals surface area contributed by atoms with Gasteiger partial charge < -0.3 is 9.47 Å². The van der Waals surface area contributed by atoms with Crippen LogP contribution in [0.1, 0.15) is 63.0 Å². The van der Waals surface area contributed by atoms with E-state index in [0.717, 1.165) is 44.3 Å². The van der Waals surface area contributed by atoms with Gasteiger partial charge in [0.2, 0.25) is 5.82 Å². The molecule has 1 fully saturated rings. The Hall–Kier alpha value is -3.21. The van der Waals surface area contributed by atoms with Crippen LogP contribution in [0.15, 0.2) is 66.7 Å². The third kappa shape index (κ3) is 6.76. The van der Waals surface area contributed by atoms with Crippen LogP contribution in [0.5, 0.6) is 11.5 Å². The van der Waals surface area contributed by atoms with E-state index in [1.165, 1.54) is 23.8 Å². The Morgan fingerprint density at radius 3 is 2.30 bits per heavy atom. The highest BCUT2D eigenvalue weighted by Gasteiger charge is 2.25. The summed E-state index contributed by atoms with van der Waals surface area (Å²) in [6.45, 7) is 4.63. The molecule has 0 unspecified atom stereocenters. The third-order valence-corrected chi connectivity index (χ3v) is 7.19. The van der Waals surface area contributed by atoms with Crippen molar-refractivity contribution in [1.82, 2.24) is 0 Å². The maximum Gasteiger partial charge on any atom is 0.201 e. The van der Waals surface area contributed by atoms with E-state index in [4.69, 9.17) is 9.47 Å². The first-order valence-corrected chi connectivity index (χ1v) is 13.2. The molecular formula is C32H35F3O2. The summed E-state index contributed by atoms with van der Waals surface area (Å²) in [5.41, 5.74) is 2.28. The second-order valence-electron chi connectivity index (χ2n) is 9.69. The first-order valence-electron chi connectivity index (χ1n) is 13.2. The average molecular weight is 509 g/mol. The zero-order chi connectivity index (χ0) is 26.2. The molecule has 0 N–H and O–H groups in total. The lowest BCUT2D eigenvalue weighted by molar-refractivity contribution is 0.199. The smallest absolute Gasteiger partial charge is 0.201 e. The van der Waals surface area contributed by atoms with E-state index in [-0.39, 0.29) is 29.7 Å².